The van der Waals surface area contributed by atoms with E-state index in [1.54, 1.807) is 14.2 Å². The highest BCUT2D eigenvalue weighted by atomic mass is 16.7. The number of oxime groups is 1. The average molecular weight is 294 g/mol. The van der Waals surface area contributed by atoms with Crippen LogP contribution in [-0.2, 0) is 11.3 Å². The smallest absolute Gasteiger partial charge is 0.231 e. The van der Waals surface area contributed by atoms with Crippen LogP contribution < -0.4 is 24.7 Å². The predicted molar refractivity (Wildman–Crippen MR) is 75.4 cm³/mol. The van der Waals surface area contributed by atoms with Crippen LogP contribution in [0.15, 0.2) is 11.2 Å². The third-order valence-corrected chi connectivity index (χ3v) is 3.54. The zero-order chi connectivity index (χ0) is 14.8. The maximum absolute atomic E-state index is 5.57. The van der Waals surface area contributed by atoms with Gasteiger partial charge in [0.15, 0.2) is 11.5 Å². The first-order valence-electron chi connectivity index (χ1n) is 6.71. The number of benzene rings is 1. The molecule has 0 aliphatic carbocycles. The number of hydrogen-bond donors (Lipinski definition) is 1. The fraction of sp³-hybridized carbons (Fsp3) is 0.500. The van der Waals surface area contributed by atoms with Gasteiger partial charge in [-0.15, -0.1) is 0 Å². The molecule has 0 amide bonds. The Bertz CT molecular complexity index is 573. The van der Waals surface area contributed by atoms with Crippen LogP contribution in [0.1, 0.15) is 12.0 Å². The van der Waals surface area contributed by atoms with E-state index in [9.17, 15) is 0 Å². The molecular formula is C14H18N2O5. The van der Waals surface area contributed by atoms with Crippen LogP contribution >= 0.6 is 0 Å². The van der Waals surface area contributed by atoms with Crippen LogP contribution in [-0.4, -0.2) is 39.4 Å². The van der Waals surface area contributed by atoms with Crippen molar-refractivity contribution in [2.45, 2.75) is 18.9 Å². The summed E-state index contributed by atoms with van der Waals surface area (Å²) in [6, 6.07) is 1.89. The van der Waals surface area contributed by atoms with E-state index < -0.39 is 0 Å². The SMILES string of the molecule is COc1cc(CC2CC(CN)=NO2)c(OC)c2c1OCO2. The van der Waals surface area contributed by atoms with Crippen molar-refractivity contribution in [3.05, 3.63) is 11.6 Å². The lowest BCUT2D eigenvalue weighted by Crippen LogP contribution is -2.17. The Labute approximate surface area is 122 Å². The number of fused-ring (bicyclic) bond motifs is 1. The van der Waals surface area contributed by atoms with E-state index in [1.807, 2.05) is 6.07 Å². The quantitative estimate of drug-likeness (QED) is 0.874. The fourth-order valence-corrected chi connectivity index (χ4v) is 2.55. The van der Waals surface area contributed by atoms with Gasteiger partial charge in [-0.2, -0.15) is 0 Å². The van der Waals surface area contributed by atoms with Crippen LogP contribution in [0.3, 0.4) is 0 Å². The summed E-state index contributed by atoms with van der Waals surface area (Å²) in [5.41, 5.74) is 7.37. The Balaban J connectivity index is 1.88. The maximum Gasteiger partial charge on any atom is 0.231 e. The molecule has 7 heteroatoms. The van der Waals surface area contributed by atoms with Gasteiger partial charge in [0.1, 0.15) is 6.10 Å². The lowest BCUT2D eigenvalue weighted by molar-refractivity contribution is 0.0853. The highest BCUT2D eigenvalue weighted by Gasteiger charge is 2.29. The van der Waals surface area contributed by atoms with Gasteiger partial charge in [0.25, 0.3) is 0 Å². The Morgan fingerprint density at radius 2 is 2.10 bits per heavy atom. The molecular weight excluding hydrogens is 276 g/mol. The van der Waals surface area contributed by atoms with E-state index in [1.165, 1.54) is 0 Å². The topological polar surface area (TPSA) is 84.5 Å². The number of nitrogens with zero attached hydrogens (tertiary/aromatic N) is 1. The van der Waals surface area contributed by atoms with Crippen molar-refractivity contribution < 1.29 is 23.8 Å². The van der Waals surface area contributed by atoms with Crippen molar-refractivity contribution in [3.8, 4) is 23.0 Å². The molecule has 1 aromatic rings. The molecule has 1 atom stereocenters. The predicted octanol–water partition coefficient (Wildman–Crippen LogP) is 1.08. The third-order valence-electron chi connectivity index (χ3n) is 3.54. The number of ether oxygens (including phenoxy) is 4. The fourth-order valence-electron chi connectivity index (χ4n) is 2.55. The molecule has 7 nitrogen and oxygen atoms in total. The molecule has 2 aliphatic heterocycles. The van der Waals surface area contributed by atoms with Gasteiger partial charge in [-0.05, 0) is 6.07 Å². The lowest BCUT2D eigenvalue weighted by Gasteiger charge is -2.15. The summed E-state index contributed by atoms with van der Waals surface area (Å²) in [5.74, 6) is 2.42. The molecule has 114 valence electrons. The molecule has 0 aromatic heterocycles. The van der Waals surface area contributed by atoms with Crippen LogP contribution in [0.2, 0.25) is 0 Å². The van der Waals surface area contributed by atoms with Crippen LogP contribution in [0.25, 0.3) is 0 Å². The molecule has 3 rings (SSSR count). The minimum atomic E-state index is -0.0532. The molecule has 2 aliphatic rings. The van der Waals surface area contributed by atoms with E-state index in [2.05, 4.69) is 5.16 Å². The Hall–Kier alpha value is -2.15. The summed E-state index contributed by atoms with van der Waals surface area (Å²) >= 11 is 0. The van der Waals surface area contributed by atoms with Gasteiger partial charge in [0, 0.05) is 24.9 Å². The number of nitrogens with two attached hydrogens (primary N) is 1. The second kappa shape index (κ2) is 5.69. The summed E-state index contributed by atoms with van der Waals surface area (Å²) in [7, 11) is 3.19. The van der Waals surface area contributed by atoms with Gasteiger partial charge in [-0.3, -0.25) is 0 Å². The van der Waals surface area contributed by atoms with Gasteiger partial charge < -0.3 is 29.5 Å². The first kappa shape index (κ1) is 13.8. The van der Waals surface area contributed by atoms with Gasteiger partial charge in [-0.25, -0.2) is 0 Å². The number of methoxy groups -OCH3 is 2. The first-order valence-corrected chi connectivity index (χ1v) is 6.71. The molecule has 1 aromatic carbocycles. The normalized spacial score (nSPS) is 19.2. The van der Waals surface area contributed by atoms with Gasteiger partial charge >= 0.3 is 0 Å². The first-order chi connectivity index (χ1) is 10.3. The van der Waals surface area contributed by atoms with Crippen molar-refractivity contribution in [2.24, 2.45) is 10.9 Å². The third kappa shape index (κ3) is 2.44. The zero-order valence-corrected chi connectivity index (χ0v) is 12.0. The Kier molecular flexibility index (Phi) is 3.74. The summed E-state index contributed by atoms with van der Waals surface area (Å²) < 4.78 is 21.7. The molecule has 2 N–H and O–H groups in total. The standard InChI is InChI=1S/C14H18N2O5/c1-17-11-4-8(3-10-5-9(6-15)16-21-10)12(18-2)14-13(11)19-7-20-14/h4,10H,3,5-7,15H2,1-2H3. The van der Waals surface area contributed by atoms with E-state index in [0.717, 1.165) is 17.7 Å². The second-order valence-corrected chi connectivity index (χ2v) is 4.83. The zero-order valence-electron chi connectivity index (χ0n) is 12.0. The molecule has 1 unspecified atom stereocenters. The van der Waals surface area contributed by atoms with Crippen molar-refractivity contribution in [3.63, 3.8) is 0 Å². The van der Waals surface area contributed by atoms with E-state index >= 15 is 0 Å². The van der Waals surface area contributed by atoms with Crippen LogP contribution in [0.4, 0.5) is 0 Å². The van der Waals surface area contributed by atoms with E-state index in [0.29, 0.717) is 36.0 Å². The van der Waals surface area contributed by atoms with E-state index in [-0.39, 0.29) is 12.9 Å². The lowest BCUT2D eigenvalue weighted by atomic mass is 10.0. The summed E-state index contributed by atoms with van der Waals surface area (Å²) in [6.07, 6.45) is 1.29. The van der Waals surface area contributed by atoms with Crippen molar-refractivity contribution >= 4 is 5.71 Å². The molecule has 0 bridgehead atoms. The molecule has 0 radical (unpaired) electrons. The molecule has 0 fully saturated rings. The minimum absolute atomic E-state index is 0.0532. The molecule has 0 saturated heterocycles. The highest BCUT2D eigenvalue weighted by molar-refractivity contribution is 5.87. The summed E-state index contributed by atoms with van der Waals surface area (Å²) in [6.45, 7) is 0.573. The molecule has 0 spiro atoms. The summed E-state index contributed by atoms with van der Waals surface area (Å²) in [4.78, 5) is 5.39. The Morgan fingerprint density at radius 3 is 2.76 bits per heavy atom. The van der Waals surface area contributed by atoms with Crippen molar-refractivity contribution in [2.75, 3.05) is 27.6 Å². The monoisotopic (exact) mass is 294 g/mol. The summed E-state index contributed by atoms with van der Waals surface area (Å²) in [5, 5.41) is 3.97. The largest absolute Gasteiger partial charge is 0.493 e. The Morgan fingerprint density at radius 1 is 1.29 bits per heavy atom. The highest BCUT2D eigenvalue weighted by Crippen LogP contribution is 2.49. The van der Waals surface area contributed by atoms with Crippen molar-refractivity contribution in [1.29, 1.82) is 0 Å². The number of hydrogen-bond acceptors (Lipinski definition) is 7. The minimum Gasteiger partial charge on any atom is -0.493 e. The van der Waals surface area contributed by atoms with Crippen LogP contribution in [0.5, 0.6) is 23.0 Å². The molecule has 0 saturated carbocycles. The van der Waals surface area contributed by atoms with Gasteiger partial charge in [0.2, 0.25) is 18.3 Å². The van der Waals surface area contributed by atoms with Gasteiger partial charge in [-0.1, -0.05) is 5.16 Å². The second-order valence-electron chi connectivity index (χ2n) is 4.83. The van der Waals surface area contributed by atoms with Crippen molar-refractivity contribution in [1.82, 2.24) is 0 Å². The van der Waals surface area contributed by atoms with Gasteiger partial charge in [0.05, 0.1) is 19.9 Å². The molecule has 2 heterocycles. The maximum atomic E-state index is 5.57. The van der Waals surface area contributed by atoms with E-state index in [4.69, 9.17) is 29.5 Å². The number of rotatable bonds is 5. The average Bonchev–Trinajstić information content (AvgIpc) is 3.15. The molecule has 21 heavy (non-hydrogen) atoms. The van der Waals surface area contributed by atoms with Crippen LogP contribution in [0, 0.1) is 0 Å².